The second-order valence-electron chi connectivity index (χ2n) is 4.22. The second-order valence-corrected chi connectivity index (χ2v) is 5.08. The van der Waals surface area contributed by atoms with Gasteiger partial charge in [-0.05, 0) is 41.9 Å². The van der Waals surface area contributed by atoms with Crippen LogP contribution >= 0.6 is 15.9 Å². The summed E-state index contributed by atoms with van der Waals surface area (Å²) in [6, 6.07) is 7.84. The molecule has 0 unspecified atom stereocenters. The monoisotopic (exact) mass is 280 g/mol. The summed E-state index contributed by atoms with van der Waals surface area (Å²) in [5, 5.41) is 8.14. The van der Waals surface area contributed by atoms with E-state index in [0.717, 1.165) is 15.9 Å². The van der Waals surface area contributed by atoms with E-state index in [-0.39, 0.29) is 0 Å². The van der Waals surface area contributed by atoms with Gasteiger partial charge in [0.25, 0.3) is 0 Å². The number of nitrogens with zero attached hydrogens (tertiary/aromatic N) is 3. The van der Waals surface area contributed by atoms with Gasteiger partial charge in [0.2, 0.25) is 0 Å². The first-order valence-corrected chi connectivity index (χ1v) is 5.74. The summed E-state index contributed by atoms with van der Waals surface area (Å²) in [4.78, 5) is 0. The van der Waals surface area contributed by atoms with Crippen molar-refractivity contribution in [1.82, 2.24) is 15.0 Å². The molecule has 84 valence electrons. The standard InChI is InChI=1S/C11H13BrN4/c1-11(2,13)10-7-16(15-14-10)9-6-4-3-5-8(9)12/h3-7H,13H2,1-2H3. The third kappa shape index (κ3) is 2.15. The van der Waals surface area contributed by atoms with Crippen molar-refractivity contribution in [1.29, 1.82) is 0 Å². The Kier molecular flexibility index (Phi) is 2.82. The van der Waals surface area contributed by atoms with Crippen LogP contribution in [0.5, 0.6) is 0 Å². The summed E-state index contributed by atoms with van der Waals surface area (Å²) in [7, 11) is 0. The highest BCUT2D eigenvalue weighted by Crippen LogP contribution is 2.21. The summed E-state index contributed by atoms with van der Waals surface area (Å²) < 4.78 is 2.69. The van der Waals surface area contributed by atoms with Gasteiger partial charge in [0.1, 0.15) is 5.69 Å². The molecule has 5 heteroatoms. The Hall–Kier alpha value is -1.20. The fraction of sp³-hybridized carbons (Fsp3) is 0.273. The van der Waals surface area contributed by atoms with E-state index in [2.05, 4.69) is 26.2 Å². The van der Waals surface area contributed by atoms with Crippen molar-refractivity contribution in [3.63, 3.8) is 0 Å². The van der Waals surface area contributed by atoms with Crippen LogP contribution in [0.25, 0.3) is 5.69 Å². The van der Waals surface area contributed by atoms with Gasteiger partial charge in [-0.1, -0.05) is 17.3 Å². The molecule has 2 N–H and O–H groups in total. The molecule has 0 fully saturated rings. The summed E-state index contributed by atoms with van der Waals surface area (Å²) >= 11 is 3.47. The van der Waals surface area contributed by atoms with Gasteiger partial charge in [0.15, 0.2) is 0 Å². The molecular formula is C11H13BrN4. The maximum Gasteiger partial charge on any atom is 0.102 e. The van der Waals surface area contributed by atoms with Gasteiger partial charge in [-0.2, -0.15) is 0 Å². The topological polar surface area (TPSA) is 56.7 Å². The third-order valence-corrected chi connectivity index (χ3v) is 2.92. The first kappa shape index (κ1) is 11.3. The fourth-order valence-electron chi connectivity index (χ4n) is 1.31. The molecule has 0 spiro atoms. The van der Waals surface area contributed by atoms with Crippen molar-refractivity contribution in [3.8, 4) is 5.69 Å². The zero-order valence-corrected chi connectivity index (χ0v) is 10.8. The average Bonchev–Trinajstić information content (AvgIpc) is 2.66. The highest BCUT2D eigenvalue weighted by molar-refractivity contribution is 9.10. The van der Waals surface area contributed by atoms with Crippen LogP contribution in [0.15, 0.2) is 34.9 Å². The maximum atomic E-state index is 5.96. The summed E-state index contributed by atoms with van der Waals surface area (Å²) in [5.41, 5.74) is 7.20. The van der Waals surface area contributed by atoms with Gasteiger partial charge in [-0.25, -0.2) is 4.68 Å². The van der Waals surface area contributed by atoms with E-state index < -0.39 is 5.54 Å². The van der Waals surface area contributed by atoms with Crippen LogP contribution in [-0.4, -0.2) is 15.0 Å². The number of rotatable bonds is 2. The molecule has 0 saturated carbocycles. The minimum atomic E-state index is -0.473. The first-order chi connectivity index (χ1) is 7.48. The lowest BCUT2D eigenvalue weighted by Crippen LogP contribution is -2.29. The van der Waals surface area contributed by atoms with Crippen molar-refractivity contribution in [2.45, 2.75) is 19.4 Å². The average molecular weight is 281 g/mol. The lowest BCUT2D eigenvalue weighted by Gasteiger charge is -2.13. The largest absolute Gasteiger partial charge is 0.320 e. The number of hydrogen-bond acceptors (Lipinski definition) is 3. The molecular weight excluding hydrogens is 268 g/mol. The van der Waals surface area contributed by atoms with Gasteiger partial charge in [0, 0.05) is 4.47 Å². The van der Waals surface area contributed by atoms with E-state index in [1.165, 1.54) is 0 Å². The number of nitrogens with two attached hydrogens (primary N) is 1. The van der Waals surface area contributed by atoms with Crippen LogP contribution in [0.4, 0.5) is 0 Å². The molecule has 0 aliphatic heterocycles. The van der Waals surface area contributed by atoms with Crippen LogP contribution in [0.1, 0.15) is 19.5 Å². The number of halogens is 1. The maximum absolute atomic E-state index is 5.96. The number of benzene rings is 1. The molecule has 1 aromatic carbocycles. The predicted molar refractivity (Wildman–Crippen MR) is 66.3 cm³/mol. The Bertz CT molecular complexity index is 499. The third-order valence-electron chi connectivity index (χ3n) is 2.25. The first-order valence-electron chi connectivity index (χ1n) is 4.95. The molecule has 0 radical (unpaired) electrons. The molecule has 0 amide bonds. The molecule has 0 atom stereocenters. The Labute approximate surface area is 103 Å². The van der Waals surface area contributed by atoms with Crippen LogP contribution in [-0.2, 0) is 5.54 Å². The Balaban J connectivity index is 2.44. The van der Waals surface area contributed by atoms with Crippen molar-refractivity contribution >= 4 is 15.9 Å². The molecule has 0 saturated heterocycles. The SMILES string of the molecule is CC(C)(N)c1cn(-c2ccccc2Br)nn1. The molecule has 1 aromatic heterocycles. The van der Waals surface area contributed by atoms with Crippen molar-refractivity contribution in [3.05, 3.63) is 40.6 Å². The molecule has 0 aliphatic rings. The second kappa shape index (κ2) is 3.99. The minimum Gasteiger partial charge on any atom is -0.320 e. The zero-order chi connectivity index (χ0) is 11.8. The number of hydrogen-bond donors (Lipinski definition) is 1. The normalized spacial score (nSPS) is 11.8. The summed E-state index contributed by atoms with van der Waals surface area (Å²) in [6.45, 7) is 3.81. The van der Waals surface area contributed by atoms with E-state index in [0.29, 0.717) is 0 Å². The molecule has 4 nitrogen and oxygen atoms in total. The van der Waals surface area contributed by atoms with Crippen LogP contribution in [0.2, 0.25) is 0 Å². The molecule has 0 aliphatic carbocycles. The highest BCUT2D eigenvalue weighted by Gasteiger charge is 2.18. The molecule has 2 rings (SSSR count). The van der Waals surface area contributed by atoms with Gasteiger partial charge in [-0.3, -0.25) is 0 Å². The highest BCUT2D eigenvalue weighted by atomic mass is 79.9. The van der Waals surface area contributed by atoms with E-state index in [1.807, 2.05) is 44.3 Å². The van der Waals surface area contributed by atoms with E-state index in [1.54, 1.807) is 4.68 Å². The van der Waals surface area contributed by atoms with Gasteiger partial charge in [0.05, 0.1) is 17.4 Å². The van der Waals surface area contributed by atoms with Crippen molar-refractivity contribution in [2.75, 3.05) is 0 Å². The smallest absolute Gasteiger partial charge is 0.102 e. The van der Waals surface area contributed by atoms with Gasteiger partial charge < -0.3 is 5.73 Å². The fourth-order valence-corrected chi connectivity index (χ4v) is 1.78. The summed E-state index contributed by atoms with van der Waals surface area (Å²) in [5.74, 6) is 0. The van der Waals surface area contributed by atoms with Crippen LogP contribution < -0.4 is 5.73 Å². The molecule has 2 aromatic rings. The van der Waals surface area contributed by atoms with E-state index in [4.69, 9.17) is 5.73 Å². The van der Waals surface area contributed by atoms with Crippen molar-refractivity contribution in [2.24, 2.45) is 5.73 Å². The van der Waals surface area contributed by atoms with Crippen molar-refractivity contribution < 1.29 is 0 Å². The predicted octanol–water partition coefficient (Wildman–Crippen LogP) is 2.22. The van der Waals surface area contributed by atoms with Gasteiger partial charge >= 0.3 is 0 Å². The molecule has 0 bridgehead atoms. The molecule has 16 heavy (non-hydrogen) atoms. The Morgan fingerprint density at radius 1 is 1.31 bits per heavy atom. The Morgan fingerprint density at radius 2 is 2.00 bits per heavy atom. The van der Waals surface area contributed by atoms with E-state index in [9.17, 15) is 0 Å². The quantitative estimate of drug-likeness (QED) is 0.918. The lowest BCUT2D eigenvalue weighted by molar-refractivity contribution is 0.533. The zero-order valence-electron chi connectivity index (χ0n) is 9.18. The lowest BCUT2D eigenvalue weighted by atomic mass is 10.0. The molecule has 1 heterocycles. The summed E-state index contributed by atoms with van der Waals surface area (Å²) in [6.07, 6.45) is 1.85. The Morgan fingerprint density at radius 3 is 2.56 bits per heavy atom. The van der Waals surface area contributed by atoms with E-state index >= 15 is 0 Å². The number of aromatic nitrogens is 3. The number of para-hydroxylation sites is 1. The van der Waals surface area contributed by atoms with Gasteiger partial charge in [-0.15, -0.1) is 5.10 Å². The van der Waals surface area contributed by atoms with Crippen LogP contribution in [0, 0.1) is 0 Å². The van der Waals surface area contributed by atoms with Crippen LogP contribution in [0.3, 0.4) is 0 Å². The minimum absolute atomic E-state index is 0.473.